The number of hydrogen-bond acceptors (Lipinski definition) is 8. The molecule has 0 saturated carbocycles. The summed E-state index contributed by atoms with van der Waals surface area (Å²) < 4.78 is 25.4. The van der Waals surface area contributed by atoms with Gasteiger partial charge in [0.25, 0.3) is 5.91 Å². The van der Waals surface area contributed by atoms with Crippen molar-refractivity contribution in [1.82, 2.24) is 24.8 Å². The Labute approximate surface area is 221 Å². The Bertz CT molecular complexity index is 1420. The zero-order valence-corrected chi connectivity index (χ0v) is 22.1. The van der Waals surface area contributed by atoms with E-state index < -0.39 is 10.0 Å². The van der Waals surface area contributed by atoms with E-state index in [-0.39, 0.29) is 17.8 Å². The average molecular weight is 542 g/mol. The molecule has 2 N–H and O–H groups in total. The van der Waals surface area contributed by atoms with Crippen LogP contribution in [0.2, 0.25) is 5.02 Å². The molecule has 2 atom stereocenters. The number of nitrogens with one attached hydrogen (secondary N) is 2. The largest absolute Gasteiger partial charge is 0.336 e. The minimum atomic E-state index is -3.48. The number of pyridine rings is 1. The first-order valence-electron chi connectivity index (χ1n) is 12.0. The maximum atomic E-state index is 13.2. The van der Waals surface area contributed by atoms with Crippen molar-refractivity contribution in [2.45, 2.75) is 44.9 Å². The third-order valence-corrected chi connectivity index (χ3v) is 7.54. The second-order valence-electron chi connectivity index (χ2n) is 9.53. The third-order valence-electron chi connectivity index (χ3n) is 6.70. The fourth-order valence-electron chi connectivity index (χ4n) is 4.91. The number of nitrogens with zero attached hydrogens (tertiary/aromatic N) is 5. The number of carbonyl (C=O) groups is 1. The van der Waals surface area contributed by atoms with Crippen molar-refractivity contribution < 1.29 is 13.2 Å². The van der Waals surface area contributed by atoms with Crippen LogP contribution in [0.5, 0.6) is 0 Å². The van der Waals surface area contributed by atoms with Crippen LogP contribution in [-0.2, 0) is 23.1 Å². The van der Waals surface area contributed by atoms with Crippen LogP contribution >= 0.6 is 11.6 Å². The molecule has 1 aromatic carbocycles. The Balaban J connectivity index is 1.20. The van der Waals surface area contributed by atoms with Crippen molar-refractivity contribution in [3.8, 4) is 0 Å². The number of amides is 1. The van der Waals surface area contributed by atoms with Gasteiger partial charge >= 0.3 is 0 Å². The lowest BCUT2D eigenvalue weighted by Crippen LogP contribution is -2.50. The first-order valence-corrected chi connectivity index (χ1v) is 14.3. The molecule has 0 unspecified atom stereocenters. The normalized spacial score (nSPS) is 19.9. The van der Waals surface area contributed by atoms with Crippen LogP contribution < -0.4 is 10.0 Å². The van der Waals surface area contributed by atoms with Crippen molar-refractivity contribution in [3.05, 3.63) is 70.6 Å². The molecule has 2 aliphatic rings. The molecule has 0 bridgehead atoms. The highest BCUT2D eigenvalue weighted by Crippen LogP contribution is 2.31. The maximum absolute atomic E-state index is 13.2. The molecule has 0 aliphatic carbocycles. The van der Waals surface area contributed by atoms with E-state index in [0.717, 1.165) is 49.1 Å². The molecule has 1 saturated heterocycles. The fraction of sp³-hybridized carbons (Fsp3) is 0.360. The van der Waals surface area contributed by atoms with Crippen LogP contribution in [0.4, 0.5) is 17.5 Å². The third kappa shape index (κ3) is 6.00. The number of likely N-dealkylation sites (tertiary alicyclic amines) is 1. The van der Waals surface area contributed by atoms with Crippen LogP contribution in [0.3, 0.4) is 0 Å². The molecule has 3 aromatic rings. The van der Waals surface area contributed by atoms with Crippen LogP contribution in [-0.4, -0.2) is 64.0 Å². The number of sulfonamides is 1. The number of benzene rings is 1. The molecule has 37 heavy (non-hydrogen) atoms. The van der Waals surface area contributed by atoms with E-state index in [1.165, 1.54) is 12.3 Å². The highest BCUT2D eigenvalue weighted by molar-refractivity contribution is 7.92. The Morgan fingerprint density at radius 2 is 1.92 bits per heavy atom. The first-order chi connectivity index (χ1) is 17.6. The van der Waals surface area contributed by atoms with Crippen LogP contribution in [0.1, 0.15) is 41.4 Å². The lowest BCUT2D eigenvalue weighted by molar-refractivity contribution is 0.0460. The summed E-state index contributed by atoms with van der Waals surface area (Å²) >= 11 is 5.96. The Hall–Kier alpha value is -3.28. The molecular weight excluding hydrogens is 514 g/mol. The van der Waals surface area contributed by atoms with Gasteiger partial charge in [0, 0.05) is 65.9 Å². The smallest absolute Gasteiger partial charge is 0.254 e. The number of piperidine rings is 1. The number of anilines is 3. The summed E-state index contributed by atoms with van der Waals surface area (Å²) in [4.78, 5) is 30.7. The molecule has 194 valence electrons. The van der Waals surface area contributed by atoms with Gasteiger partial charge in [-0.15, -0.1) is 0 Å². The Kier molecular flexibility index (Phi) is 7.02. The summed E-state index contributed by atoms with van der Waals surface area (Å²) in [6.07, 6.45) is 6.05. The molecule has 1 amide bonds. The van der Waals surface area contributed by atoms with Crippen LogP contribution in [0.25, 0.3) is 0 Å². The monoisotopic (exact) mass is 541 g/mol. The number of rotatable bonds is 6. The van der Waals surface area contributed by atoms with Crippen molar-refractivity contribution >= 4 is 45.0 Å². The van der Waals surface area contributed by atoms with E-state index >= 15 is 0 Å². The summed E-state index contributed by atoms with van der Waals surface area (Å²) in [5.74, 6) is 0.564. The van der Waals surface area contributed by atoms with E-state index in [0.29, 0.717) is 29.1 Å². The van der Waals surface area contributed by atoms with E-state index in [9.17, 15) is 13.2 Å². The second kappa shape index (κ2) is 10.2. The zero-order valence-electron chi connectivity index (χ0n) is 20.6. The van der Waals surface area contributed by atoms with Gasteiger partial charge in [-0.2, -0.15) is 0 Å². The van der Waals surface area contributed by atoms with Gasteiger partial charge in [0.15, 0.2) is 0 Å². The topological polar surface area (TPSA) is 120 Å². The van der Waals surface area contributed by atoms with Crippen LogP contribution in [0, 0.1) is 0 Å². The number of hydrogen-bond donors (Lipinski definition) is 2. The summed E-state index contributed by atoms with van der Waals surface area (Å²) in [5.41, 5.74) is 3.42. The molecule has 10 nitrogen and oxygen atoms in total. The molecule has 2 aromatic heterocycles. The van der Waals surface area contributed by atoms with Gasteiger partial charge in [-0.05, 0) is 56.2 Å². The SMILES string of the molecule is C[C@@H]1C[C@@H](N2Cc3cnc(Nc4ccc(Cl)cc4)nc3C2)CCN1C(=O)c1ccnc(NS(C)(=O)=O)c1. The van der Waals surface area contributed by atoms with Crippen molar-refractivity contribution in [2.24, 2.45) is 0 Å². The van der Waals surface area contributed by atoms with E-state index in [1.807, 2.05) is 35.4 Å². The summed E-state index contributed by atoms with van der Waals surface area (Å²) in [6, 6.07) is 10.8. The van der Waals surface area contributed by atoms with Crippen molar-refractivity contribution in [2.75, 3.05) is 22.8 Å². The van der Waals surface area contributed by atoms with Crippen LogP contribution in [0.15, 0.2) is 48.8 Å². The molecular formula is C25H28ClN7O3S. The predicted octanol–water partition coefficient (Wildman–Crippen LogP) is 3.65. The first kappa shape index (κ1) is 25.4. The Morgan fingerprint density at radius 3 is 2.65 bits per heavy atom. The van der Waals surface area contributed by atoms with Gasteiger partial charge < -0.3 is 10.2 Å². The van der Waals surface area contributed by atoms with Gasteiger partial charge in [0.05, 0.1) is 11.9 Å². The van der Waals surface area contributed by atoms with E-state index in [1.54, 1.807) is 6.07 Å². The molecule has 0 radical (unpaired) electrons. The highest BCUT2D eigenvalue weighted by Gasteiger charge is 2.35. The summed E-state index contributed by atoms with van der Waals surface area (Å²) in [5, 5.41) is 3.90. The fourth-order valence-corrected chi connectivity index (χ4v) is 5.53. The molecule has 4 heterocycles. The zero-order chi connectivity index (χ0) is 26.2. The van der Waals surface area contributed by atoms with E-state index in [4.69, 9.17) is 16.6 Å². The molecule has 1 fully saturated rings. The number of fused-ring (bicyclic) bond motifs is 1. The maximum Gasteiger partial charge on any atom is 0.254 e. The van der Waals surface area contributed by atoms with Gasteiger partial charge in [0.1, 0.15) is 5.82 Å². The lowest BCUT2D eigenvalue weighted by atomic mass is 9.96. The molecule has 5 rings (SSSR count). The summed E-state index contributed by atoms with van der Waals surface area (Å²) in [7, 11) is -3.48. The van der Waals surface area contributed by atoms with Gasteiger partial charge in [-0.3, -0.25) is 14.4 Å². The van der Waals surface area contributed by atoms with Crippen molar-refractivity contribution in [3.63, 3.8) is 0 Å². The molecule has 12 heteroatoms. The molecule has 0 spiro atoms. The highest BCUT2D eigenvalue weighted by atomic mass is 35.5. The number of aromatic nitrogens is 3. The van der Waals surface area contributed by atoms with Crippen molar-refractivity contribution in [1.29, 1.82) is 0 Å². The summed E-state index contributed by atoms with van der Waals surface area (Å²) in [6.45, 7) is 4.19. The quantitative estimate of drug-likeness (QED) is 0.485. The second-order valence-corrected chi connectivity index (χ2v) is 11.7. The average Bonchev–Trinajstić information content (AvgIpc) is 3.28. The molecule has 2 aliphatic heterocycles. The Morgan fingerprint density at radius 1 is 1.14 bits per heavy atom. The van der Waals surface area contributed by atoms with E-state index in [2.05, 4.69) is 31.8 Å². The van der Waals surface area contributed by atoms with Gasteiger partial charge in [-0.25, -0.2) is 23.4 Å². The predicted molar refractivity (Wildman–Crippen MR) is 142 cm³/mol. The van der Waals surface area contributed by atoms with Gasteiger partial charge in [-0.1, -0.05) is 11.6 Å². The van der Waals surface area contributed by atoms with Gasteiger partial charge in [0.2, 0.25) is 16.0 Å². The number of halogens is 1. The lowest BCUT2D eigenvalue weighted by Gasteiger charge is -2.41. The minimum Gasteiger partial charge on any atom is -0.336 e. The standard InChI is InChI=1S/C25H28ClN7O3S/c1-16-11-21(8-10-33(16)24(34)17-7-9-27-23(12-17)31-37(2,35)36)32-14-18-13-28-25(30-22(18)15-32)29-20-5-3-19(26)4-6-20/h3-7,9,12-13,16,21H,8,10-11,14-15H2,1-2H3,(H,27,31)(H,28,29,30)/t16-,21+/m1/s1. The minimum absolute atomic E-state index is 0.0302. The number of carbonyl (C=O) groups excluding carboxylic acids is 1.